The number of allylic oxidation sites excluding steroid dienone is 2. The summed E-state index contributed by atoms with van der Waals surface area (Å²) < 4.78 is 0. The van der Waals surface area contributed by atoms with Crippen LogP contribution >= 0.6 is 11.6 Å². The van der Waals surface area contributed by atoms with Gasteiger partial charge in [-0.1, -0.05) is 23.8 Å². The highest BCUT2D eigenvalue weighted by molar-refractivity contribution is 6.32. The lowest BCUT2D eigenvalue weighted by Crippen LogP contribution is -2.55. The Balaban J connectivity index is 3.20. The number of halogens is 1. The Labute approximate surface area is 86.0 Å². The van der Waals surface area contributed by atoms with E-state index in [0.29, 0.717) is 0 Å². The van der Waals surface area contributed by atoms with Crippen LogP contribution in [0.1, 0.15) is 6.92 Å². The van der Waals surface area contributed by atoms with Gasteiger partial charge >= 0.3 is 5.97 Å². The first kappa shape index (κ1) is 10.9. The van der Waals surface area contributed by atoms with Crippen LogP contribution in [0.5, 0.6) is 0 Å². The van der Waals surface area contributed by atoms with Crippen LogP contribution in [0.15, 0.2) is 23.3 Å². The second kappa shape index (κ2) is 3.55. The van der Waals surface area contributed by atoms with Crippen LogP contribution in [0.3, 0.4) is 0 Å². The molecule has 4 nitrogen and oxygen atoms in total. The Kier molecular flexibility index (Phi) is 2.78. The molecular weight excluding hydrogens is 206 g/mol. The number of carboxylic acid groups (broad SMARTS) is 1. The third-order valence-corrected chi connectivity index (χ3v) is 2.58. The molecule has 1 rings (SSSR count). The minimum Gasteiger partial charge on any atom is -0.481 e. The first-order valence-corrected chi connectivity index (χ1v) is 4.35. The first-order valence-electron chi connectivity index (χ1n) is 3.97. The molecular formula is C9H10ClNO3. The van der Waals surface area contributed by atoms with Gasteiger partial charge in [0.15, 0.2) is 5.78 Å². The monoisotopic (exact) mass is 215 g/mol. The van der Waals surface area contributed by atoms with Crippen molar-refractivity contribution in [2.24, 2.45) is 11.7 Å². The Bertz CT molecular complexity index is 348. The zero-order valence-electron chi connectivity index (χ0n) is 7.53. The number of carbonyl (C=O) groups excluding carboxylic acids is 1. The molecule has 0 aromatic rings. The van der Waals surface area contributed by atoms with E-state index in [4.69, 9.17) is 22.4 Å². The van der Waals surface area contributed by atoms with Crippen LogP contribution in [-0.4, -0.2) is 22.4 Å². The highest BCUT2D eigenvalue weighted by Gasteiger charge is 2.45. The molecule has 0 amide bonds. The summed E-state index contributed by atoms with van der Waals surface area (Å²) in [7, 11) is 0. The molecule has 0 bridgehead atoms. The van der Waals surface area contributed by atoms with Crippen molar-refractivity contribution in [3.8, 4) is 0 Å². The molecule has 0 spiro atoms. The van der Waals surface area contributed by atoms with Gasteiger partial charge in [0.1, 0.15) is 11.5 Å². The van der Waals surface area contributed by atoms with Crippen molar-refractivity contribution in [1.29, 1.82) is 0 Å². The summed E-state index contributed by atoms with van der Waals surface area (Å²) in [6.07, 6.45) is 4.28. The summed E-state index contributed by atoms with van der Waals surface area (Å²) in [4.78, 5) is 22.1. The molecule has 0 aromatic carbocycles. The lowest BCUT2D eigenvalue weighted by Gasteiger charge is -2.31. The minimum absolute atomic E-state index is 0.0673. The Hall–Kier alpha value is -1.13. The number of ketones is 1. The molecule has 0 aliphatic heterocycles. The van der Waals surface area contributed by atoms with E-state index in [1.807, 2.05) is 0 Å². The van der Waals surface area contributed by atoms with Crippen molar-refractivity contribution in [1.82, 2.24) is 0 Å². The number of hydrogen-bond donors (Lipinski definition) is 2. The van der Waals surface area contributed by atoms with E-state index < -0.39 is 23.2 Å². The van der Waals surface area contributed by atoms with Crippen LogP contribution < -0.4 is 5.73 Å². The molecule has 0 fully saturated rings. The zero-order valence-corrected chi connectivity index (χ0v) is 8.28. The van der Waals surface area contributed by atoms with Gasteiger partial charge in [-0.15, -0.1) is 0 Å². The lowest BCUT2D eigenvalue weighted by molar-refractivity contribution is -0.144. The summed E-state index contributed by atoms with van der Waals surface area (Å²) >= 11 is 5.70. The van der Waals surface area contributed by atoms with E-state index in [9.17, 15) is 9.59 Å². The number of carboxylic acids is 1. The Morgan fingerprint density at radius 1 is 1.64 bits per heavy atom. The van der Waals surface area contributed by atoms with Gasteiger partial charge in [-0.3, -0.25) is 9.59 Å². The third-order valence-electron chi connectivity index (χ3n) is 2.24. The smallest absolute Gasteiger partial charge is 0.314 e. The Morgan fingerprint density at radius 3 is 2.57 bits per heavy atom. The van der Waals surface area contributed by atoms with Crippen molar-refractivity contribution in [3.05, 3.63) is 23.3 Å². The van der Waals surface area contributed by atoms with Crippen molar-refractivity contribution >= 4 is 23.4 Å². The highest BCUT2D eigenvalue weighted by Crippen LogP contribution is 2.31. The molecule has 0 aromatic heterocycles. The fraction of sp³-hybridized carbons (Fsp3) is 0.333. The molecule has 0 saturated heterocycles. The number of carbonyl (C=O) groups is 2. The maximum atomic E-state index is 11.3. The molecule has 2 unspecified atom stereocenters. The van der Waals surface area contributed by atoms with E-state index in [1.54, 1.807) is 0 Å². The summed E-state index contributed by atoms with van der Waals surface area (Å²) in [5, 5.41) is 8.97. The molecule has 1 aliphatic rings. The summed E-state index contributed by atoms with van der Waals surface area (Å²) in [5.74, 6) is -2.81. The standard InChI is InChI=1S/C9H10ClNO3/c1-5(12)9(11)4-2-3-6(10)7(9)8(13)14/h2-4,7H,11H2,1H3,(H,13,14). The van der Waals surface area contributed by atoms with Gasteiger partial charge in [-0.2, -0.15) is 0 Å². The molecule has 14 heavy (non-hydrogen) atoms. The maximum Gasteiger partial charge on any atom is 0.314 e. The quantitative estimate of drug-likeness (QED) is 0.710. The number of rotatable bonds is 2. The fourth-order valence-corrected chi connectivity index (χ4v) is 1.71. The summed E-state index contributed by atoms with van der Waals surface area (Å²) in [6, 6.07) is 0. The van der Waals surface area contributed by atoms with Gasteiger partial charge in [-0.25, -0.2) is 0 Å². The minimum atomic E-state index is -1.53. The molecule has 1 aliphatic carbocycles. The average molecular weight is 216 g/mol. The van der Waals surface area contributed by atoms with Crippen molar-refractivity contribution < 1.29 is 14.7 Å². The van der Waals surface area contributed by atoms with Crippen LogP contribution in [0.2, 0.25) is 0 Å². The molecule has 5 heteroatoms. The van der Waals surface area contributed by atoms with Gasteiger partial charge < -0.3 is 10.8 Å². The van der Waals surface area contributed by atoms with Gasteiger partial charge in [-0.05, 0) is 13.0 Å². The second-order valence-electron chi connectivity index (χ2n) is 3.17. The molecule has 0 saturated carbocycles. The SMILES string of the molecule is CC(=O)C1(N)C=CC=C(Cl)C1C(=O)O. The van der Waals surface area contributed by atoms with Crippen LogP contribution in [-0.2, 0) is 9.59 Å². The fourth-order valence-electron chi connectivity index (χ4n) is 1.36. The second-order valence-corrected chi connectivity index (χ2v) is 3.61. The van der Waals surface area contributed by atoms with Crippen molar-refractivity contribution in [2.45, 2.75) is 12.5 Å². The topological polar surface area (TPSA) is 80.4 Å². The number of nitrogens with two attached hydrogens (primary N) is 1. The van der Waals surface area contributed by atoms with Gasteiger partial charge in [0.05, 0.1) is 0 Å². The van der Waals surface area contributed by atoms with E-state index >= 15 is 0 Å². The van der Waals surface area contributed by atoms with E-state index in [2.05, 4.69) is 0 Å². The number of hydrogen-bond acceptors (Lipinski definition) is 3. The van der Waals surface area contributed by atoms with Crippen molar-refractivity contribution in [2.75, 3.05) is 0 Å². The molecule has 3 N–H and O–H groups in total. The van der Waals surface area contributed by atoms with E-state index in [-0.39, 0.29) is 5.03 Å². The summed E-state index contributed by atoms with van der Waals surface area (Å²) in [6.45, 7) is 1.25. The van der Waals surface area contributed by atoms with E-state index in [1.165, 1.54) is 25.2 Å². The Morgan fingerprint density at radius 2 is 2.21 bits per heavy atom. The van der Waals surface area contributed by atoms with Crippen molar-refractivity contribution in [3.63, 3.8) is 0 Å². The van der Waals surface area contributed by atoms with Crippen LogP contribution in [0, 0.1) is 5.92 Å². The van der Waals surface area contributed by atoms with Gasteiger partial charge in [0.2, 0.25) is 0 Å². The summed E-state index contributed by atoms with van der Waals surface area (Å²) in [5.41, 5.74) is 4.16. The number of Topliss-reactive ketones (excluding diaryl/α,β-unsaturated/α-hetero) is 1. The normalized spacial score (nSPS) is 31.1. The number of aliphatic carboxylic acids is 1. The predicted molar refractivity (Wildman–Crippen MR) is 51.8 cm³/mol. The van der Waals surface area contributed by atoms with Crippen LogP contribution in [0.4, 0.5) is 0 Å². The first-order chi connectivity index (χ1) is 6.39. The molecule has 76 valence electrons. The predicted octanol–water partition coefficient (Wildman–Crippen LogP) is 0.666. The average Bonchev–Trinajstić information content (AvgIpc) is 2.02. The lowest BCUT2D eigenvalue weighted by atomic mass is 9.78. The molecule has 0 heterocycles. The van der Waals surface area contributed by atoms with Gasteiger partial charge in [0, 0.05) is 5.03 Å². The highest BCUT2D eigenvalue weighted by atomic mass is 35.5. The van der Waals surface area contributed by atoms with Gasteiger partial charge in [0.25, 0.3) is 0 Å². The largest absolute Gasteiger partial charge is 0.481 e. The van der Waals surface area contributed by atoms with E-state index in [0.717, 1.165) is 0 Å². The molecule has 0 radical (unpaired) electrons. The zero-order chi connectivity index (χ0) is 10.9. The third kappa shape index (κ3) is 1.58. The van der Waals surface area contributed by atoms with Crippen LogP contribution in [0.25, 0.3) is 0 Å². The maximum absolute atomic E-state index is 11.3. The molecule has 2 atom stereocenters.